The second kappa shape index (κ2) is 10.5. The van der Waals surface area contributed by atoms with Gasteiger partial charge in [0.25, 0.3) is 0 Å². The van der Waals surface area contributed by atoms with E-state index in [0.29, 0.717) is 18.0 Å². The van der Waals surface area contributed by atoms with Gasteiger partial charge in [0.15, 0.2) is 6.61 Å². The highest BCUT2D eigenvalue weighted by Gasteiger charge is 2.24. The largest absolute Gasteiger partial charge is 0.482 e. The van der Waals surface area contributed by atoms with Gasteiger partial charge in [-0.25, -0.2) is 4.79 Å². The quantitative estimate of drug-likeness (QED) is 0.523. The second-order valence-electron chi connectivity index (χ2n) is 7.81. The lowest BCUT2D eigenvalue weighted by Gasteiger charge is -2.32. The van der Waals surface area contributed by atoms with E-state index in [-0.39, 0.29) is 11.9 Å². The molecule has 1 N–H and O–H groups in total. The first kappa shape index (κ1) is 22.1. The molecule has 0 amide bonds. The maximum atomic E-state index is 13.5. The Hall–Kier alpha value is -3.12. The van der Waals surface area contributed by atoms with E-state index in [0.717, 1.165) is 41.8 Å². The van der Waals surface area contributed by atoms with Crippen LogP contribution in [-0.2, 0) is 22.0 Å². The lowest BCUT2D eigenvalue weighted by atomic mass is 10.0. The molecule has 1 unspecified atom stereocenters. The fourth-order valence-corrected chi connectivity index (χ4v) is 5.80. The molecule has 4 rings (SSSR count). The van der Waals surface area contributed by atoms with Crippen molar-refractivity contribution in [3.8, 4) is 5.75 Å². The number of aliphatic carboxylic acids is 1. The van der Waals surface area contributed by atoms with Gasteiger partial charge in [0, 0.05) is 40.9 Å². The smallest absolute Gasteiger partial charge is 0.341 e. The average molecular weight is 450 g/mol. The summed E-state index contributed by atoms with van der Waals surface area (Å²) in [5, 5.41) is 8.77. The van der Waals surface area contributed by atoms with Crippen molar-refractivity contribution in [3.05, 3.63) is 95.6 Å². The van der Waals surface area contributed by atoms with E-state index >= 15 is 0 Å². The number of carboxylic acids is 1. The monoisotopic (exact) mass is 449 g/mol. The predicted octanol–water partition coefficient (Wildman–Crippen LogP) is 4.44. The zero-order valence-electron chi connectivity index (χ0n) is 17.9. The third-order valence-corrected chi connectivity index (χ3v) is 7.34. The van der Waals surface area contributed by atoms with Gasteiger partial charge in [-0.15, -0.1) is 0 Å². The summed E-state index contributed by atoms with van der Waals surface area (Å²) in [6, 6.07) is 25.8. The van der Waals surface area contributed by atoms with Crippen LogP contribution in [0, 0.1) is 0 Å². The van der Waals surface area contributed by atoms with Crippen LogP contribution in [0.1, 0.15) is 28.4 Å². The Labute approximate surface area is 191 Å². The summed E-state index contributed by atoms with van der Waals surface area (Å²) in [7, 11) is -1.10. The zero-order valence-corrected chi connectivity index (χ0v) is 18.7. The van der Waals surface area contributed by atoms with E-state index in [4.69, 9.17) is 9.84 Å². The van der Waals surface area contributed by atoms with Gasteiger partial charge in [0.2, 0.25) is 0 Å². The molecule has 0 saturated carbocycles. The number of ether oxygens (including phenoxy) is 1. The lowest BCUT2D eigenvalue weighted by Crippen LogP contribution is -2.33. The molecule has 1 atom stereocenters. The SMILES string of the molecule is O=C(O)COc1cccc2c1CCCN2CCS(=O)C(c1ccccc1)c1ccccc1. The van der Waals surface area contributed by atoms with Crippen LogP contribution < -0.4 is 9.64 Å². The highest BCUT2D eigenvalue weighted by molar-refractivity contribution is 7.85. The molecule has 0 saturated heterocycles. The van der Waals surface area contributed by atoms with Crippen molar-refractivity contribution < 1.29 is 18.8 Å². The summed E-state index contributed by atoms with van der Waals surface area (Å²) in [6.07, 6.45) is 1.80. The normalized spacial score (nSPS) is 14.1. The van der Waals surface area contributed by atoms with Crippen molar-refractivity contribution in [2.75, 3.05) is 30.3 Å². The molecule has 0 bridgehead atoms. The van der Waals surface area contributed by atoms with Gasteiger partial charge in [-0.3, -0.25) is 4.21 Å². The van der Waals surface area contributed by atoms with Crippen LogP contribution >= 0.6 is 0 Å². The Balaban J connectivity index is 1.51. The van der Waals surface area contributed by atoms with Crippen molar-refractivity contribution in [1.82, 2.24) is 0 Å². The van der Waals surface area contributed by atoms with Crippen molar-refractivity contribution in [3.63, 3.8) is 0 Å². The first-order chi connectivity index (χ1) is 15.6. The molecule has 5 nitrogen and oxygen atoms in total. The molecule has 3 aromatic rings. The van der Waals surface area contributed by atoms with Gasteiger partial charge in [0.1, 0.15) is 5.75 Å². The van der Waals surface area contributed by atoms with Crippen LogP contribution in [0.5, 0.6) is 5.75 Å². The highest BCUT2D eigenvalue weighted by atomic mass is 32.2. The molecule has 166 valence electrons. The number of benzene rings is 3. The number of hydrogen-bond donors (Lipinski definition) is 1. The number of rotatable bonds is 9. The number of anilines is 1. The topological polar surface area (TPSA) is 66.8 Å². The van der Waals surface area contributed by atoms with Crippen LogP contribution in [0.15, 0.2) is 78.9 Å². The molecule has 6 heteroatoms. The second-order valence-corrected chi connectivity index (χ2v) is 9.45. The number of carboxylic acid groups (broad SMARTS) is 1. The van der Waals surface area contributed by atoms with Crippen molar-refractivity contribution in [2.45, 2.75) is 18.1 Å². The van der Waals surface area contributed by atoms with Gasteiger partial charge in [-0.2, -0.15) is 0 Å². The molecule has 0 aliphatic carbocycles. The van der Waals surface area contributed by atoms with Crippen LogP contribution in [-0.4, -0.2) is 40.7 Å². The molecular weight excluding hydrogens is 422 g/mol. The van der Waals surface area contributed by atoms with E-state index < -0.39 is 16.8 Å². The van der Waals surface area contributed by atoms with E-state index in [2.05, 4.69) is 4.90 Å². The molecule has 0 spiro atoms. The minimum atomic E-state index is -1.10. The third kappa shape index (κ3) is 5.19. The Morgan fingerprint density at radius 2 is 1.62 bits per heavy atom. The minimum Gasteiger partial charge on any atom is -0.482 e. The van der Waals surface area contributed by atoms with Gasteiger partial charge in [-0.1, -0.05) is 66.7 Å². The summed E-state index contributed by atoms with van der Waals surface area (Å²) in [4.78, 5) is 13.2. The molecular formula is C26H27NO4S. The third-order valence-electron chi connectivity index (χ3n) is 5.68. The highest BCUT2D eigenvalue weighted by Crippen LogP contribution is 2.35. The predicted molar refractivity (Wildman–Crippen MR) is 128 cm³/mol. The maximum Gasteiger partial charge on any atom is 0.341 e. The first-order valence-corrected chi connectivity index (χ1v) is 12.2. The Kier molecular flexibility index (Phi) is 7.22. The standard InChI is InChI=1S/C26H27NO4S/c28-25(29)19-31-24-15-7-14-23-22(24)13-8-16-27(23)17-18-32(30)26(20-9-3-1-4-10-20)21-11-5-2-6-12-21/h1-7,9-12,14-15,26H,8,13,16-19H2,(H,28,29). The summed E-state index contributed by atoms with van der Waals surface area (Å²) in [5.41, 5.74) is 4.20. The van der Waals surface area contributed by atoms with E-state index in [1.807, 2.05) is 78.9 Å². The molecule has 0 aromatic heterocycles. The summed E-state index contributed by atoms with van der Waals surface area (Å²) in [5.74, 6) is 0.175. The number of carbonyl (C=O) groups is 1. The summed E-state index contributed by atoms with van der Waals surface area (Å²) in [6.45, 7) is 1.20. The lowest BCUT2D eigenvalue weighted by molar-refractivity contribution is -0.139. The fourth-order valence-electron chi connectivity index (χ4n) is 4.25. The maximum absolute atomic E-state index is 13.5. The van der Waals surface area contributed by atoms with Crippen LogP contribution in [0.2, 0.25) is 0 Å². The van der Waals surface area contributed by atoms with Gasteiger partial charge in [-0.05, 0) is 36.1 Å². The zero-order chi connectivity index (χ0) is 22.3. The number of fused-ring (bicyclic) bond motifs is 1. The first-order valence-electron chi connectivity index (χ1n) is 10.8. The van der Waals surface area contributed by atoms with Crippen molar-refractivity contribution in [1.29, 1.82) is 0 Å². The van der Waals surface area contributed by atoms with E-state index in [9.17, 15) is 9.00 Å². The van der Waals surface area contributed by atoms with Gasteiger partial charge < -0.3 is 14.7 Å². The molecule has 0 radical (unpaired) electrons. The fraction of sp³-hybridized carbons (Fsp3) is 0.269. The van der Waals surface area contributed by atoms with Gasteiger partial charge in [0.05, 0.1) is 5.25 Å². The van der Waals surface area contributed by atoms with Crippen LogP contribution in [0.4, 0.5) is 5.69 Å². The molecule has 0 fully saturated rings. The minimum absolute atomic E-state index is 0.174. The van der Waals surface area contributed by atoms with Crippen molar-refractivity contribution >= 4 is 22.5 Å². The Morgan fingerprint density at radius 1 is 0.969 bits per heavy atom. The molecule has 3 aromatic carbocycles. The average Bonchev–Trinajstić information content (AvgIpc) is 2.83. The molecule has 1 aliphatic heterocycles. The van der Waals surface area contributed by atoms with Gasteiger partial charge >= 0.3 is 5.97 Å². The van der Waals surface area contributed by atoms with E-state index in [1.165, 1.54) is 0 Å². The molecule has 1 heterocycles. The molecule has 32 heavy (non-hydrogen) atoms. The molecule has 1 aliphatic rings. The number of hydrogen-bond acceptors (Lipinski definition) is 4. The van der Waals surface area contributed by atoms with E-state index in [1.54, 1.807) is 0 Å². The summed E-state index contributed by atoms with van der Waals surface area (Å²) < 4.78 is 19.0. The van der Waals surface area contributed by atoms with Crippen molar-refractivity contribution in [2.24, 2.45) is 0 Å². The summed E-state index contributed by atoms with van der Waals surface area (Å²) >= 11 is 0. The van der Waals surface area contributed by atoms with Crippen LogP contribution in [0.3, 0.4) is 0 Å². The Bertz CT molecular complexity index is 1030. The Morgan fingerprint density at radius 3 is 2.25 bits per heavy atom. The number of nitrogens with zero attached hydrogens (tertiary/aromatic N) is 1. The van der Waals surface area contributed by atoms with Crippen LogP contribution in [0.25, 0.3) is 0 Å².